The highest BCUT2D eigenvalue weighted by atomic mass is 79.9. The molecule has 0 fully saturated rings. The molecule has 5 heteroatoms. The summed E-state index contributed by atoms with van der Waals surface area (Å²) < 4.78 is 2.55. The second kappa shape index (κ2) is 4.43. The number of hydrogen-bond donors (Lipinski definition) is 0. The average Bonchev–Trinajstić information content (AvgIpc) is 2.99. The van der Waals surface area contributed by atoms with Crippen molar-refractivity contribution in [2.75, 3.05) is 4.90 Å². The number of hydrogen-bond acceptors (Lipinski definition) is 2. The maximum Gasteiger partial charge on any atom is 0.260 e. The fourth-order valence-electron chi connectivity index (χ4n) is 2.96. The van der Waals surface area contributed by atoms with Crippen molar-refractivity contribution in [1.29, 1.82) is 0 Å². The van der Waals surface area contributed by atoms with Crippen molar-refractivity contribution >= 4 is 38.4 Å². The quantitative estimate of drug-likeness (QED) is 0.679. The summed E-state index contributed by atoms with van der Waals surface area (Å²) in [4.78, 5) is 14.6. The van der Waals surface area contributed by atoms with Crippen LogP contribution in [-0.4, -0.2) is 15.7 Å². The Morgan fingerprint density at radius 3 is 2.76 bits per heavy atom. The van der Waals surface area contributed by atoms with Gasteiger partial charge in [-0.25, -0.2) is 0 Å². The molecule has 0 aliphatic carbocycles. The monoisotopic (exact) mass is 341 g/mol. The van der Waals surface area contributed by atoms with Crippen molar-refractivity contribution in [3.05, 3.63) is 58.2 Å². The van der Waals surface area contributed by atoms with E-state index in [-0.39, 0.29) is 5.91 Å². The van der Waals surface area contributed by atoms with Gasteiger partial charge in [-0.3, -0.25) is 14.4 Å². The topological polar surface area (TPSA) is 38.1 Å². The maximum absolute atomic E-state index is 12.9. The van der Waals surface area contributed by atoms with Gasteiger partial charge in [-0.1, -0.05) is 36.4 Å². The Bertz CT molecular complexity index is 865. The summed E-state index contributed by atoms with van der Waals surface area (Å²) in [5, 5.41) is 6.30. The molecule has 1 aromatic heterocycles. The van der Waals surface area contributed by atoms with Crippen LogP contribution in [0.4, 0.5) is 5.82 Å². The Morgan fingerprint density at radius 2 is 2.00 bits per heavy atom. The van der Waals surface area contributed by atoms with Gasteiger partial charge in [0.2, 0.25) is 0 Å². The zero-order valence-electron chi connectivity index (χ0n) is 11.4. The third-order valence-electron chi connectivity index (χ3n) is 3.92. The second-order valence-electron chi connectivity index (χ2n) is 5.15. The van der Waals surface area contributed by atoms with E-state index in [9.17, 15) is 4.79 Å². The highest BCUT2D eigenvalue weighted by Gasteiger charge is 2.32. The van der Waals surface area contributed by atoms with Gasteiger partial charge < -0.3 is 0 Å². The number of carbonyl (C=O) groups excluding carboxylic acids is 1. The number of benzene rings is 2. The molecule has 0 N–H and O–H groups in total. The van der Waals surface area contributed by atoms with Crippen LogP contribution in [0.3, 0.4) is 0 Å². The molecular formula is C16H12BrN3O. The summed E-state index contributed by atoms with van der Waals surface area (Å²) in [6.45, 7) is 0.580. The number of aryl methyl sites for hydroxylation is 1. The van der Waals surface area contributed by atoms with Gasteiger partial charge in [-0.2, -0.15) is 5.10 Å². The van der Waals surface area contributed by atoms with E-state index < -0.39 is 0 Å². The van der Waals surface area contributed by atoms with Crippen LogP contribution < -0.4 is 4.90 Å². The summed E-state index contributed by atoms with van der Waals surface area (Å²) in [5.74, 6) is 0.825. The number of halogens is 1. The predicted molar refractivity (Wildman–Crippen MR) is 85.4 cm³/mol. The fraction of sp³-hybridized carbons (Fsp3) is 0.125. The summed E-state index contributed by atoms with van der Waals surface area (Å²) >= 11 is 3.47. The van der Waals surface area contributed by atoms with E-state index in [1.54, 1.807) is 15.8 Å². The summed E-state index contributed by atoms with van der Waals surface area (Å²) in [7, 11) is 1.84. The summed E-state index contributed by atoms with van der Waals surface area (Å²) in [5.41, 5.74) is 1.87. The zero-order valence-corrected chi connectivity index (χ0v) is 13.0. The lowest BCUT2D eigenvalue weighted by molar-refractivity contribution is 0.0996. The molecule has 2 heterocycles. The largest absolute Gasteiger partial charge is 0.287 e. The minimum Gasteiger partial charge on any atom is -0.287 e. The van der Waals surface area contributed by atoms with Gasteiger partial charge >= 0.3 is 0 Å². The van der Waals surface area contributed by atoms with Crippen molar-refractivity contribution in [2.45, 2.75) is 6.54 Å². The Labute approximate surface area is 130 Å². The molecule has 1 aliphatic heterocycles. The molecule has 2 aromatic carbocycles. The van der Waals surface area contributed by atoms with Crippen molar-refractivity contribution in [3.63, 3.8) is 0 Å². The van der Waals surface area contributed by atoms with Crippen LogP contribution in [0.2, 0.25) is 0 Å². The zero-order chi connectivity index (χ0) is 14.6. The van der Waals surface area contributed by atoms with Gasteiger partial charge in [0.1, 0.15) is 5.82 Å². The van der Waals surface area contributed by atoms with Crippen LogP contribution >= 0.6 is 15.9 Å². The smallest absolute Gasteiger partial charge is 0.260 e. The molecule has 0 radical (unpaired) electrons. The molecule has 0 unspecified atom stereocenters. The van der Waals surface area contributed by atoms with Crippen LogP contribution in [0, 0.1) is 0 Å². The van der Waals surface area contributed by atoms with Crippen molar-refractivity contribution in [2.24, 2.45) is 7.05 Å². The van der Waals surface area contributed by atoms with E-state index in [0.717, 1.165) is 32.2 Å². The Balaban J connectivity index is 1.91. The van der Waals surface area contributed by atoms with Gasteiger partial charge in [-0.05, 0) is 32.3 Å². The first-order valence-corrected chi connectivity index (χ1v) is 7.46. The highest BCUT2D eigenvalue weighted by molar-refractivity contribution is 9.10. The normalized spacial score (nSPS) is 14.0. The van der Waals surface area contributed by atoms with Crippen LogP contribution in [0.5, 0.6) is 0 Å². The first kappa shape index (κ1) is 12.6. The lowest BCUT2D eigenvalue weighted by Gasteiger charge is -2.16. The number of rotatable bonds is 1. The van der Waals surface area contributed by atoms with Crippen molar-refractivity contribution < 1.29 is 4.79 Å². The highest BCUT2D eigenvalue weighted by Crippen LogP contribution is 2.35. The number of nitrogens with zero attached hydrogens (tertiary/aromatic N) is 3. The first-order valence-electron chi connectivity index (χ1n) is 6.67. The molecule has 4 nitrogen and oxygen atoms in total. The van der Waals surface area contributed by atoms with Gasteiger partial charge in [0, 0.05) is 7.05 Å². The van der Waals surface area contributed by atoms with Gasteiger partial charge in [-0.15, -0.1) is 0 Å². The van der Waals surface area contributed by atoms with E-state index in [1.165, 1.54) is 0 Å². The third kappa shape index (κ3) is 1.74. The van der Waals surface area contributed by atoms with Gasteiger partial charge in [0.05, 0.1) is 22.8 Å². The minimum atomic E-state index is 0.0334. The molecule has 0 saturated carbocycles. The van der Waals surface area contributed by atoms with Crippen LogP contribution in [0.1, 0.15) is 15.9 Å². The van der Waals surface area contributed by atoms with Gasteiger partial charge in [0.25, 0.3) is 5.91 Å². The molecule has 3 aromatic rings. The minimum absolute atomic E-state index is 0.0334. The van der Waals surface area contributed by atoms with E-state index >= 15 is 0 Å². The molecule has 0 saturated heterocycles. The first-order chi connectivity index (χ1) is 10.2. The lowest BCUT2D eigenvalue weighted by atomic mass is 10.0. The lowest BCUT2D eigenvalue weighted by Crippen LogP contribution is -2.25. The molecule has 0 bridgehead atoms. The van der Waals surface area contributed by atoms with Crippen LogP contribution in [0.25, 0.3) is 10.8 Å². The number of amides is 1. The van der Waals surface area contributed by atoms with Gasteiger partial charge in [0.15, 0.2) is 0 Å². The molecule has 1 amide bonds. The Kier molecular flexibility index (Phi) is 2.65. The predicted octanol–water partition coefficient (Wildman–Crippen LogP) is 3.50. The molecule has 4 rings (SSSR count). The molecule has 21 heavy (non-hydrogen) atoms. The summed E-state index contributed by atoms with van der Waals surface area (Å²) in [6, 6.07) is 12.1. The molecular weight excluding hydrogens is 330 g/mol. The number of anilines is 1. The molecule has 1 aliphatic rings. The third-order valence-corrected chi connectivity index (χ3v) is 4.48. The summed E-state index contributed by atoms with van der Waals surface area (Å²) in [6.07, 6.45) is 1.71. The SMILES string of the molecule is Cn1ncc(Br)c1N1Cc2ccc3ccccc3c2C1=O. The number of aromatic nitrogens is 2. The fourth-order valence-corrected chi connectivity index (χ4v) is 3.52. The number of carbonyl (C=O) groups is 1. The van der Waals surface area contributed by atoms with Crippen molar-refractivity contribution in [3.8, 4) is 0 Å². The van der Waals surface area contributed by atoms with Crippen LogP contribution in [-0.2, 0) is 13.6 Å². The Hall–Kier alpha value is -2.14. The number of fused-ring (bicyclic) bond motifs is 3. The average molecular weight is 342 g/mol. The van der Waals surface area contributed by atoms with Crippen molar-refractivity contribution in [1.82, 2.24) is 9.78 Å². The Morgan fingerprint density at radius 1 is 1.19 bits per heavy atom. The standard InChI is InChI=1S/C16H12BrN3O/c1-19-15(13(17)8-18-19)20-9-11-7-6-10-4-2-3-5-12(10)14(11)16(20)21/h2-8H,9H2,1H3. The van der Waals surface area contributed by atoms with E-state index in [2.05, 4.69) is 27.1 Å². The van der Waals surface area contributed by atoms with E-state index in [0.29, 0.717) is 6.54 Å². The second-order valence-corrected chi connectivity index (χ2v) is 6.01. The van der Waals surface area contributed by atoms with Crippen LogP contribution in [0.15, 0.2) is 47.1 Å². The van der Waals surface area contributed by atoms with E-state index in [1.807, 2.05) is 37.4 Å². The maximum atomic E-state index is 12.9. The molecule has 0 atom stereocenters. The molecule has 104 valence electrons. The van der Waals surface area contributed by atoms with E-state index in [4.69, 9.17) is 0 Å². The molecule has 0 spiro atoms.